The highest BCUT2D eigenvalue weighted by Gasteiger charge is 2.32. The van der Waals surface area contributed by atoms with Crippen LogP contribution in [0.4, 0.5) is 23.2 Å². The number of amides is 1. The van der Waals surface area contributed by atoms with Crippen molar-refractivity contribution in [2.45, 2.75) is 23.5 Å². The smallest absolute Gasteiger partial charge is 0.324 e. The normalized spacial score (nSPS) is 15.8. The van der Waals surface area contributed by atoms with Crippen LogP contribution in [-0.2, 0) is 11.0 Å². The highest BCUT2D eigenvalue weighted by atomic mass is 79.9. The van der Waals surface area contributed by atoms with Crippen LogP contribution in [0.15, 0.2) is 49.3 Å². The summed E-state index contributed by atoms with van der Waals surface area (Å²) in [6.45, 7) is 0. The molecule has 3 aromatic rings. The molecule has 0 bridgehead atoms. The monoisotopic (exact) mass is 517 g/mol. The molecule has 6 nitrogen and oxygen atoms in total. The number of benzene rings is 2. The average molecular weight is 518 g/mol. The number of thioether (sulfide) groups is 1. The largest absolute Gasteiger partial charge is 0.416 e. The predicted octanol–water partition coefficient (Wildman–Crippen LogP) is 4.29. The van der Waals surface area contributed by atoms with Crippen LogP contribution < -0.4 is 16.4 Å². The number of anilines is 1. The second-order valence-electron chi connectivity index (χ2n) is 6.84. The van der Waals surface area contributed by atoms with Crippen LogP contribution in [0.5, 0.6) is 0 Å². The van der Waals surface area contributed by atoms with Crippen molar-refractivity contribution in [3.05, 3.63) is 66.9 Å². The Bertz CT molecular complexity index is 1340. The fourth-order valence-electron chi connectivity index (χ4n) is 3.39. The molecule has 0 saturated heterocycles. The van der Waals surface area contributed by atoms with Crippen molar-refractivity contribution in [2.75, 3.05) is 11.1 Å². The van der Waals surface area contributed by atoms with E-state index < -0.39 is 46.3 Å². The summed E-state index contributed by atoms with van der Waals surface area (Å²) in [6.07, 6.45) is -5.04. The Labute approximate surface area is 183 Å². The maximum absolute atomic E-state index is 13.9. The molecule has 2 N–H and O–H groups in total. The van der Waals surface area contributed by atoms with Crippen LogP contribution in [0.3, 0.4) is 0 Å². The number of hydrogen-bond donors (Lipinski definition) is 2. The van der Waals surface area contributed by atoms with Gasteiger partial charge >= 0.3 is 17.3 Å². The highest BCUT2D eigenvalue weighted by Crippen LogP contribution is 2.38. The molecule has 1 aliphatic rings. The van der Waals surface area contributed by atoms with Gasteiger partial charge in [0.25, 0.3) is 0 Å². The van der Waals surface area contributed by atoms with E-state index in [0.29, 0.717) is 33.7 Å². The fourth-order valence-corrected chi connectivity index (χ4v) is 5.19. The molecule has 0 radical (unpaired) electrons. The standard InChI is InChI=1S/C19H12BrF4N3O3S/c20-9-4-13-16-14(5-9)31-7-10(27(16)18(30)17(29)26-13)6-15(28)25-12-3-8(19(22,23)24)1-2-11(12)21/h1-5,10H,6-7H2,(H,25,28)(H,26,29). The first-order chi connectivity index (χ1) is 14.5. The van der Waals surface area contributed by atoms with Crippen molar-refractivity contribution in [3.8, 4) is 0 Å². The molecule has 1 aliphatic heterocycles. The molecule has 4 rings (SSSR count). The number of alkyl halides is 3. The Morgan fingerprint density at radius 2 is 2.00 bits per heavy atom. The Morgan fingerprint density at radius 3 is 2.71 bits per heavy atom. The van der Waals surface area contributed by atoms with Gasteiger partial charge < -0.3 is 10.3 Å². The minimum absolute atomic E-state index is 0.264. The zero-order chi connectivity index (χ0) is 22.5. The fraction of sp³-hybridized carbons (Fsp3) is 0.211. The Balaban J connectivity index is 1.67. The molecule has 12 heteroatoms. The van der Waals surface area contributed by atoms with Crippen molar-refractivity contribution in [1.82, 2.24) is 9.55 Å². The highest BCUT2D eigenvalue weighted by molar-refractivity contribution is 9.10. The zero-order valence-electron chi connectivity index (χ0n) is 15.3. The van der Waals surface area contributed by atoms with Crippen molar-refractivity contribution < 1.29 is 22.4 Å². The number of carbonyl (C=O) groups is 1. The van der Waals surface area contributed by atoms with E-state index in [1.165, 1.54) is 16.3 Å². The summed E-state index contributed by atoms with van der Waals surface area (Å²) in [6, 6.07) is 4.35. The molecule has 2 heterocycles. The number of carbonyl (C=O) groups excluding carboxylic acids is 1. The number of aromatic nitrogens is 2. The number of halogens is 5. The molecule has 0 spiro atoms. The molecule has 1 unspecified atom stereocenters. The molecule has 162 valence electrons. The lowest BCUT2D eigenvalue weighted by atomic mass is 10.1. The van der Waals surface area contributed by atoms with E-state index >= 15 is 0 Å². The summed E-state index contributed by atoms with van der Waals surface area (Å²) in [5.41, 5.74) is -2.58. The van der Waals surface area contributed by atoms with Crippen LogP contribution >= 0.6 is 27.7 Å². The molecular weight excluding hydrogens is 506 g/mol. The Hall–Kier alpha value is -2.60. The van der Waals surface area contributed by atoms with Gasteiger partial charge in [0, 0.05) is 21.5 Å². The van der Waals surface area contributed by atoms with E-state index in [1.54, 1.807) is 12.1 Å². The lowest BCUT2D eigenvalue weighted by molar-refractivity contribution is -0.137. The van der Waals surface area contributed by atoms with E-state index in [1.807, 2.05) is 0 Å². The number of hydrogen-bond acceptors (Lipinski definition) is 4. The van der Waals surface area contributed by atoms with Crippen LogP contribution in [0.2, 0.25) is 0 Å². The molecule has 1 amide bonds. The van der Waals surface area contributed by atoms with Crippen LogP contribution in [0.25, 0.3) is 11.0 Å². The Kier molecular flexibility index (Phi) is 5.46. The van der Waals surface area contributed by atoms with E-state index in [9.17, 15) is 31.9 Å². The lowest BCUT2D eigenvalue weighted by Gasteiger charge is -2.27. The summed E-state index contributed by atoms with van der Waals surface area (Å²) >= 11 is 4.69. The number of aromatic amines is 1. The van der Waals surface area contributed by atoms with Gasteiger partial charge in [0.15, 0.2) is 0 Å². The second-order valence-corrected chi connectivity index (χ2v) is 8.82. The number of nitrogens with one attached hydrogen (secondary N) is 2. The third kappa shape index (κ3) is 4.13. The van der Waals surface area contributed by atoms with Crippen molar-refractivity contribution in [3.63, 3.8) is 0 Å². The van der Waals surface area contributed by atoms with E-state index in [0.717, 1.165) is 4.90 Å². The van der Waals surface area contributed by atoms with Crippen molar-refractivity contribution in [1.29, 1.82) is 0 Å². The SMILES string of the molecule is O=C(CC1CSc2cc(Br)cc3[nH]c(=O)c(=O)n1c23)Nc1cc(C(F)(F)F)ccc1F. The average Bonchev–Trinajstić information content (AvgIpc) is 2.67. The first-order valence-corrected chi connectivity index (χ1v) is 10.6. The molecule has 0 fully saturated rings. The van der Waals surface area contributed by atoms with Crippen LogP contribution in [0.1, 0.15) is 18.0 Å². The van der Waals surface area contributed by atoms with E-state index in [2.05, 4.69) is 26.2 Å². The van der Waals surface area contributed by atoms with Crippen LogP contribution in [0, 0.1) is 5.82 Å². The van der Waals surface area contributed by atoms with Gasteiger partial charge in [0.05, 0.1) is 28.3 Å². The third-order valence-electron chi connectivity index (χ3n) is 4.73. The zero-order valence-corrected chi connectivity index (χ0v) is 17.8. The Morgan fingerprint density at radius 1 is 1.26 bits per heavy atom. The first kappa shape index (κ1) is 21.6. The van der Waals surface area contributed by atoms with Crippen molar-refractivity contribution in [2.24, 2.45) is 0 Å². The van der Waals surface area contributed by atoms with Crippen molar-refractivity contribution >= 4 is 50.3 Å². The molecule has 0 saturated carbocycles. The van der Waals surface area contributed by atoms with E-state index in [4.69, 9.17) is 0 Å². The lowest BCUT2D eigenvalue weighted by Crippen LogP contribution is -2.41. The van der Waals surface area contributed by atoms with Gasteiger partial charge in [-0.25, -0.2) is 4.39 Å². The molecular formula is C19H12BrF4N3O3S. The van der Waals surface area contributed by atoms with Gasteiger partial charge in [-0.15, -0.1) is 11.8 Å². The number of nitrogens with zero attached hydrogens (tertiary/aromatic N) is 1. The summed E-state index contributed by atoms with van der Waals surface area (Å²) in [7, 11) is 0. The van der Waals surface area contributed by atoms with E-state index in [-0.39, 0.29) is 12.2 Å². The van der Waals surface area contributed by atoms with Gasteiger partial charge in [-0.05, 0) is 30.3 Å². The number of H-pyrrole nitrogens is 1. The molecule has 2 aromatic carbocycles. The maximum Gasteiger partial charge on any atom is 0.416 e. The topological polar surface area (TPSA) is 84.0 Å². The van der Waals surface area contributed by atoms with Gasteiger partial charge in [0.2, 0.25) is 5.91 Å². The van der Waals surface area contributed by atoms with Crippen LogP contribution in [-0.4, -0.2) is 21.2 Å². The molecule has 0 aliphatic carbocycles. The minimum Gasteiger partial charge on any atom is -0.324 e. The predicted molar refractivity (Wildman–Crippen MR) is 111 cm³/mol. The summed E-state index contributed by atoms with van der Waals surface area (Å²) in [4.78, 5) is 40.3. The number of rotatable bonds is 3. The second kappa shape index (κ2) is 7.83. The molecule has 31 heavy (non-hydrogen) atoms. The minimum atomic E-state index is -4.70. The first-order valence-electron chi connectivity index (χ1n) is 8.82. The summed E-state index contributed by atoms with van der Waals surface area (Å²) < 4.78 is 54.5. The van der Waals surface area contributed by atoms with Gasteiger partial charge in [-0.2, -0.15) is 13.2 Å². The molecule has 1 aromatic heterocycles. The summed E-state index contributed by atoms with van der Waals surface area (Å²) in [5.74, 6) is -1.55. The third-order valence-corrected chi connectivity index (χ3v) is 6.36. The summed E-state index contributed by atoms with van der Waals surface area (Å²) in [5, 5.41) is 2.14. The maximum atomic E-state index is 13.9. The van der Waals surface area contributed by atoms with Gasteiger partial charge in [-0.1, -0.05) is 15.9 Å². The van der Waals surface area contributed by atoms with Gasteiger partial charge in [-0.3, -0.25) is 19.0 Å². The molecule has 1 atom stereocenters. The van der Waals surface area contributed by atoms with Gasteiger partial charge in [0.1, 0.15) is 5.82 Å². The quantitative estimate of drug-likeness (QED) is 0.401.